The molecule has 0 aliphatic heterocycles. The Morgan fingerprint density at radius 3 is 2.33 bits per heavy atom. The Balaban J connectivity index is 2.33. The first-order chi connectivity index (χ1) is 12.7. The van der Waals surface area contributed by atoms with Crippen LogP contribution >= 0.6 is 11.6 Å². The molecule has 2 aromatic carbocycles. The minimum atomic E-state index is -0.717. The standard InChI is InChI=1S/C20H21ClFNO4/c1-11(2)26-18-8-14(7-16(21)19(18)27-12(3)4)20(25)23-15-6-5-13(10-24)17(22)9-15/h5-12H,1-4H3,(H,23,25). The highest BCUT2D eigenvalue weighted by atomic mass is 35.5. The first-order valence-corrected chi connectivity index (χ1v) is 8.82. The number of nitrogens with one attached hydrogen (secondary N) is 1. The summed E-state index contributed by atoms with van der Waals surface area (Å²) in [5.74, 6) is -0.512. The van der Waals surface area contributed by atoms with Gasteiger partial charge in [-0.15, -0.1) is 0 Å². The summed E-state index contributed by atoms with van der Waals surface area (Å²) in [4.78, 5) is 23.2. The Kier molecular flexibility index (Phi) is 6.80. The van der Waals surface area contributed by atoms with Crippen LogP contribution in [0.25, 0.3) is 0 Å². The lowest BCUT2D eigenvalue weighted by atomic mass is 10.1. The summed E-state index contributed by atoms with van der Waals surface area (Å²) in [6.45, 7) is 7.40. The average Bonchev–Trinajstić information content (AvgIpc) is 2.57. The van der Waals surface area contributed by atoms with Gasteiger partial charge in [0.05, 0.1) is 22.8 Å². The van der Waals surface area contributed by atoms with Crippen molar-refractivity contribution in [3.63, 3.8) is 0 Å². The summed E-state index contributed by atoms with van der Waals surface area (Å²) in [5.41, 5.74) is 0.360. The van der Waals surface area contributed by atoms with Crippen LogP contribution in [0, 0.1) is 5.82 Å². The lowest BCUT2D eigenvalue weighted by Gasteiger charge is -2.19. The Hall–Kier alpha value is -2.60. The van der Waals surface area contributed by atoms with Crippen LogP contribution in [-0.2, 0) is 0 Å². The number of benzene rings is 2. The molecule has 0 heterocycles. The van der Waals surface area contributed by atoms with Gasteiger partial charge in [-0.05, 0) is 58.0 Å². The zero-order valence-electron chi connectivity index (χ0n) is 15.5. The predicted octanol–water partition coefficient (Wildman–Crippen LogP) is 5.12. The van der Waals surface area contributed by atoms with Crippen LogP contribution in [0.1, 0.15) is 48.4 Å². The number of hydrogen-bond donors (Lipinski definition) is 1. The fourth-order valence-electron chi connectivity index (χ4n) is 2.29. The summed E-state index contributed by atoms with van der Waals surface area (Å²) >= 11 is 6.29. The van der Waals surface area contributed by atoms with Crippen molar-refractivity contribution in [1.82, 2.24) is 0 Å². The summed E-state index contributed by atoms with van der Waals surface area (Å²) in [6, 6.07) is 6.78. The lowest BCUT2D eigenvalue weighted by molar-refractivity contribution is 0.102. The van der Waals surface area contributed by atoms with Crippen molar-refractivity contribution < 1.29 is 23.5 Å². The number of hydrogen-bond acceptors (Lipinski definition) is 4. The van der Waals surface area contributed by atoms with Crippen LogP contribution < -0.4 is 14.8 Å². The highest BCUT2D eigenvalue weighted by Crippen LogP contribution is 2.38. The number of halogens is 2. The van der Waals surface area contributed by atoms with E-state index in [1.807, 2.05) is 27.7 Å². The Labute approximate surface area is 162 Å². The number of carbonyl (C=O) groups is 2. The van der Waals surface area contributed by atoms with Gasteiger partial charge in [-0.3, -0.25) is 9.59 Å². The van der Waals surface area contributed by atoms with Gasteiger partial charge in [0.1, 0.15) is 5.82 Å². The molecule has 144 valence electrons. The van der Waals surface area contributed by atoms with Gasteiger partial charge in [-0.1, -0.05) is 11.6 Å². The van der Waals surface area contributed by atoms with E-state index in [1.165, 1.54) is 24.3 Å². The molecule has 0 fully saturated rings. The summed E-state index contributed by atoms with van der Waals surface area (Å²) in [7, 11) is 0. The number of carbonyl (C=O) groups excluding carboxylic acids is 2. The average molecular weight is 394 g/mol. The molecule has 0 aliphatic carbocycles. The van der Waals surface area contributed by atoms with Crippen molar-refractivity contribution in [2.24, 2.45) is 0 Å². The molecular weight excluding hydrogens is 373 g/mol. The molecule has 0 saturated carbocycles. The largest absolute Gasteiger partial charge is 0.487 e. The van der Waals surface area contributed by atoms with Crippen molar-refractivity contribution in [3.8, 4) is 11.5 Å². The van der Waals surface area contributed by atoms with Crippen LogP contribution in [0.15, 0.2) is 30.3 Å². The second kappa shape index (κ2) is 8.86. The molecule has 0 saturated heterocycles. The highest BCUT2D eigenvalue weighted by molar-refractivity contribution is 6.32. The smallest absolute Gasteiger partial charge is 0.255 e. The fraction of sp³-hybridized carbons (Fsp3) is 0.300. The Morgan fingerprint density at radius 1 is 1.11 bits per heavy atom. The van der Waals surface area contributed by atoms with Gasteiger partial charge in [0, 0.05) is 11.3 Å². The molecule has 5 nitrogen and oxygen atoms in total. The first kappa shape index (κ1) is 20.7. The van der Waals surface area contributed by atoms with Gasteiger partial charge in [0.25, 0.3) is 5.91 Å². The van der Waals surface area contributed by atoms with Crippen LogP contribution in [0.5, 0.6) is 11.5 Å². The zero-order valence-corrected chi connectivity index (χ0v) is 16.3. The van der Waals surface area contributed by atoms with E-state index in [0.29, 0.717) is 17.8 Å². The predicted molar refractivity (Wildman–Crippen MR) is 103 cm³/mol. The Bertz CT molecular complexity index is 852. The van der Waals surface area contributed by atoms with Gasteiger partial charge in [-0.25, -0.2) is 4.39 Å². The third kappa shape index (κ3) is 5.44. The van der Waals surface area contributed by atoms with E-state index in [1.54, 1.807) is 0 Å². The topological polar surface area (TPSA) is 64.6 Å². The van der Waals surface area contributed by atoms with Crippen LogP contribution in [-0.4, -0.2) is 24.4 Å². The monoisotopic (exact) mass is 393 g/mol. The maximum absolute atomic E-state index is 13.7. The molecular formula is C20H21ClFNO4. The lowest BCUT2D eigenvalue weighted by Crippen LogP contribution is -2.15. The van der Waals surface area contributed by atoms with Gasteiger partial charge in [0.15, 0.2) is 17.8 Å². The molecule has 0 atom stereocenters. The molecule has 27 heavy (non-hydrogen) atoms. The molecule has 1 amide bonds. The molecule has 0 radical (unpaired) electrons. The van der Waals surface area contributed by atoms with Crippen LogP contribution in [0.2, 0.25) is 5.02 Å². The second-order valence-electron chi connectivity index (χ2n) is 6.43. The maximum Gasteiger partial charge on any atom is 0.255 e. The van der Waals surface area contributed by atoms with Gasteiger partial charge < -0.3 is 14.8 Å². The number of rotatable bonds is 7. The van der Waals surface area contributed by atoms with E-state index in [0.717, 1.165) is 6.07 Å². The molecule has 0 aromatic heterocycles. The van der Waals surface area contributed by atoms with Gasteiger partial charge >= 0.3 is 0 Å². The summed E-state index contributed by atoms with van der Waals surface area (Å²) < 4.78 is 25.1. The van der Waals surface area contributed by atoms with Crippen molar-refractivity contribution in [3.05, 3.63) is 52.3 Å². The molecule has 0 spiro atoms. The quantitative estimate of drug-likeness (QED) is 0.663. The number of ether oxygens (including phenoxy) is 2. The van der Waals surface area contributed by atoms with Crippen molar-refractivity contribution in [2.75, 3.05) is 5.32 Å². The van der Waals surface area contributed by atoms with E-state index in [-0.39, 0.29) is 34.0 Å². The summed E-state index contributed by atoms with van der Waals surface area (Å²) in [6.07, 6.45) is 0.124. The SMILES string of the molecule is CC(C)Oc1cc(C(=O)Nc2ccc(C=O)c(F)c2)cc(Cl)c1OC(C)C. The van der Waals surface area contributed by atoms with Crippen LogP contribution in [0.4, 0.5) is 10.1 Å². The number of amides is 1. The number of aldehydes is 1. The molecule has 0 bridgehead atoms. The molecule has 7 heteroatoms. The maximum atomic E-state index is 13.7. The minimum absolute atomic E-state index is 0.0844. The normalized spacial score (nSPS) is 10.8. The van der Waals surface area contributed by atoms with E-state index in [2.05, 4.69) is 5.32 Å². The second-order valence-corrected chi connectivity index (χ2v) is 6.83. The summed E-state index contributed by atoms with van der Waals surface area (Å²) in [5, 5.41) is 2.80. The fourth-order valence-corrected chi connectivity index (χ4v) is 2.55. The Morgan fingerprint density at radius 2 is 1.78 bits per heavy atom. The molecule has 1 N–H and O–H groups in total. The zero-order chi connectivity index (χ0) is 20.1. The van der Waals surface area contributed by atoms with Crippen molar-refractivity contribution in [2.45, 2.75) is 39.9 Å². The first-order valence-electron chi connectivity index (χ1n) is 8.44. The van der Waals surface area contributed by atoms with E-state index in [9.17, 15) is 14.0 Å². The molecule has 2 rings (SSSR count). The molecule has 2 aromatic rings. The molecule has 0 aliphatic rings. The minimum Gasteiger partial charge on any atom is -0.487 e. The highest BCUT2D eigenvalue weighted by Gasteiger charge is 2.18. The van der Waals surface area contributed by atoms with E-state index < -0.39 is 11.7 Å². The van der Waals surface area contributed by atoms with Crippen molar-refractivity contribution in [1.29, 1.82) is 0 Å². The third-order valence-corrected chi connectivity index (χ3v) is 3.65. The number of anilines is 1. The van der Waals surface area contributed by atoms with Crippen LogP contribution in [0.3, 0.4) is 0 Å². The van der Waals surface area contributed by atoms with E-state index >= 15 is 0 Å². The third-order valence-electron chi connectivity index (χ3n) is 3.37. The van der Waals surface area contributed by atoms with E-state index in [4.69, 9.17) is 21.1 Å². The van der Waals surface area contributed by atoms with Gasteiger partial charge in [0.2, 0.25) is 0 Å². The van der Waals surface area contributed by atoms with Crippen molar-refractivity contribution >= 4 is 29.5 Å². The molecule has 0 unspecified atom stereocenters. The van der Waals surface area contributed by atoms with Gasteiger partial charge in [-0.2, -0.15) is 0 Å².